The van der Waals surface area contributed by atoms with E-state index in [4.69, 9.17) is 11.6 Å². The number of carbonyl (C=O) groups excluding carboxylic acids is 1. The van der Waals surface area contributed by atoms with Crippen molar-refractivity contribution in [3.8, 4) is 0 Å². The summed E-state index contributed by atoms with van der Waals surface area (Å²) in [6.45, 7) is 2.15. The summed E-state index contributed by atoms with van der Waals surface area (Å²) in [5.74, 6) is 0.694. The summed E-state index contributed by atoms with van der Waals surface area (Å²) in [6.07, 6.45) is 5.07. The average Bonchev–Trinajstić information content (AvgIpc) is 2.42. The number of halogens is 1. The number of rotatable bonds is 5. The number of carbonyl (C=O) groups is 1. The van der Waals surface area contributed by atoms with Gasteiger partial charge in [-0.15, -0.1) is 0 Å². The van der Waals surface area contributed by atoms with Crippen LogP contribution in [-0.2, 0) is 11.2 Å². The van der Waals surface area contributed by atoms with E-state index in [9.17, 15) is 14.9 Å². The first-order chi connectivity index (χ1) is 10.0. The van der Waals surface area contributed by atoms with Gasteiger partial charge in [0.05, 0.1) is 4.92 Å². The van der Waals surface area contributed by atoms with E-state index in [1.54, 1.807) is 6.07 Å². The summed E-state index contributed by atoms with van der Waals surface area (Å²) in [5, 5.41) is 11.6. The standard InChI is InChI=1S/C16H20ClNO3/c1-2-3-11-4-7-16(19)13(8-11)9-12-10-14(17)5-6-15(12)18(20)21/h5-6,10-11,13H,2-4,7-9H2,1H3. The third kappa shape index (κ3) is 4.03. The molecule has 0 aliphatic heterocycles. The zero-order valence-electron chi connectivity index (χ0n) is 12.2. The molecule has 2 atom stereocenters. The molecule has 0 spiro atoms. The molecule has 1 saturated carbocycles. The molecular weight excluding hydrogens is 290 g/mol. The molecule has 1 aromatic rings. The van der Waals surface area contributed by atoms with Crippen LogP contribution in [0.1, 0.15) is 44.6 Å². The second kappa shape index (κ2) is 7.03. The van der Waals surface area contributed by atoms with Crippen LogP contribution >= 0.6 is 11.6 Å². The molecule has 114 valence electrons. The molecule has 1 aliphatic carbocycles. The normalized spacial score (nSPS) is 22.3. The van der Waals surface area contributed by atoms with Gasteiger partial charge in [-0.2, -0.15) is 0 Å². The monoisotopic (exact) mass is 309 g/mol. The fourth-order valence-corrected chi connectivity index (χ4v) is 3.43. The van der Waals surface area contributed by atoms with Gasteiger partial charge in [-0.3, -0.25) is 14.9 Å². The summed E-state index contributed by atoms with van der Waals surface area (Å²) < 4.78 is 0. The SMILES string of the molecule is CCCC1CCC(=O)C(Cc2cc(Cl)ccc2[N+](=O)[O-])C1. The maximum Gasteiger partial charge on any atom is 0.272 e. The van der Waals surface area contributed by atoms with E-state index in [0.29, 0.717) is 29.3 Å². The number of hydrogen-bond donors (Lipinski definition) is 0. The second-order valence-corrected chi connectivity index (χ2v) is 6.26. The van der Waals surface area contributed by atoms with Gasteiger partial charge in [-0.05, 0) is 37.3 Å². The molecule has 0 N–H and O–H groups in total. The van der Waals surface area contributed by atoms with Gasteiger partial charge in [0.2, 0.25) is 0 Å². The van der Waals surface area contributed by atoms with Gasteiger partial charge < -0.3 is 0 Å². The van der Waals surface area contributed by atoms with Crippen LogP contribution in [0.4, 0.5) is 5.69 Å². The third-order valence-electron chi connectivity index (χ3n) is 4.27. The molecule has 5 heteroatoms. The molecule has 4 nitrogen and oxygen atoms in total. The zero-order chi connectivity index (χ0) is 15.4. The Kier molecular flexibility index (Phi) is 5.34. The zero-order valence-corrected chi connectivity index (χ0v) is 12.9. The predicted octanol–water partition coefficient (Wildman–Crippen LogP) is 4.58. The molecule has 1 aliphatic rings. The second-order valence-electron chi connectivity index (χ2n) is 5.83. The maximum absolute atomic E-state index is 12.1. The van der Waals surface area contributed by atoms with E-state index in [1.807, 2.05) is 0 Å². The number of nitro groups is 1. The van der Waals surface area contributed by atoms with Gasteiger partial charge in [0, 0.05) is 29.0 Å². The summed E-state index contributed by atoms with van der Waals surface area (Å²) in [7, 11) is 0. The average molecular weight is 310 g/mol. The number of hydrogen-bond acceptors (Lipinski definition) is 3. The van der Waals surface area contributed by atoms with Crippen LogP contribution in [0.25, 0.3) is 0 Å². The molecule has 21 heavy (non-hydrogen) atoms. The van der Waals surface area contributed by atoms with Crippen molar-refractivity contribution < 1.29 is 9.72 Å². The van der Waals surface area contributed by atoms with Crippen molar-refractivity contribution >= 4 is 23.1 Å². The summed E-state index contributed by atoms with van der Waals surface area (Å²) >= 11 is 5.95. The number of nitro benzene ring substituents is 1. The highest BCUT2D eigenvalue weighted by atomic mass is 35.5. The molecule has 2 unspecified atom stereocenters. The van der Waals surface area contributed by atoms with Crippen LogP contribution in [0.2, 0.25) is 5.02 Å². The van der Waals surface area contributed by atoms with Crippen molar-refractivity contribution in [2.45, 2.75) is 45.4 Å². The first-order valence-electron chi connectivity index (χ1n) is 7.46. The molecule has 1 aromatic carbocycles. The first kappa shape index (κ1) is 16.0. The van der Waals surface area contributed by atoms with Gasteiger partial charge in [0.1, 0.15) is 5.78 Å². The lowest BCUT2D eigenvalue weighted by molar-refractivity contribution is -0.385. The minimum Gasteiger partial charge on any atom is -0.299 e. The fraction of sp³-hybridized carbons (Fsp3) is 0.562. The summed E-state index contributed by atoms with van der Waals surface area (Å²) in [6, 6.07) is 4.57. The van der Waals surface area contributed by atoms with Gasteiger partial charge in [0.15, 0.2) is 0 Å². The van der Waals surface area contributed by atoms with E-state index < -0.39 is 4.92 Å². The highest BCUT2D eigenvalue weighted by Gasteiger charge is 2.30. The molecule has 0 saturated heterocycles. The molecule has 0 amide bonds. The molecule has 0 aromatic heterocycles. The van der Waals surface area contributed by atoms with Crippen molar-refractivity contribution in [3.63, 3.8) is 0 Å². The molecule has 0 radical (unpaired) electrons. The molecule has 0 heterocycles. The Morgan fingerprint density at radius 2 is 2.19 bits per heavy atom. The van der Waals surface area contributed by atoms with Crippen molar-refractivity contribution in [3.05, 3.63) is 38.9 Å². The highest BCUT2D eigenvalue weighted by molar-refractivity contribution is 6.30. The molecule has 1 fully saturated rings. The quantitative estimate of drug-likeness (QED) is 0.591. The summed E-state index contributed by atoms with van der Waals surface area (Å²) in [4.78, 5) is 22.8. The van der Waals surface area contributed by atoms with Crippen LogP contribution in [0.15, 0.2) is 18.2 Å². The topological polar surface area (TPSA) is 60.2 Å². The Hall–Kier alpha value is -1.42. The number of ketones is 1. The van der Waals surface area contributed by atoms with Crippen LogP contribution in [0.3, 0.4) is 0 Å². The first-order valence-corrected chi connectivity index (χ1v) is 7.84. The lowest BCUT2D eigenvalue weighted by Crippen LogP contribution is -2.26. The number of Topliss-reactive ketones (excluding diaryl/α,β-unsaturated/α-hetero) is 1. The smallest absolute Gasteiger partial charge is 0.272 e. The molecule has 0 bridgehead atoms. The highest BCUT2D eigenvalue weighted by Crippen LogP contribution is 2.34. The number of benzene rings is 1. The van der Waals surface area contributed by atoms with Crippen molar-refractivity contribution in [2.75, 3.05) is 0 Å². The maximum atomic E-state index is 12.1. The van der Waals surface area contributed by atoms with Crippen molar-refractivity contribution in [1.29, 1.82) is 0 Å². The third-order valence-corrected chi connectivity index (χ3v) is 4.51. The van der Waals surface area contributed by atoms with E-state index in [2.05, 4.69) is 6.92 Å². The fourth-order valence-electron chi connectivity index (χ4n) is 3.23. The van der Waals surface area contributed by atoms with Crippen LogP contribution < -0.4 is 0 Å². The largest absolute Gasteiger partial charge is 0.299 e. The van der Waals surface area contributed by atoms with Gasteiger partial charge in [0.25, 0.3) is 5.69 Å². The van der Waals surface area contributed by atoms with E-state index in [1.165, 1.54) is 12.1 Å². The van der Waals surface area contributed by atoms with Crippen LogP contribution in [0, 0.1) is 22.0 Å². The van der Waals surface area contributed by atoms with Crippen LogP contribution in [0.5, 0.6) is 0 Å². The minimum absolute atomic E-state index is 0.0600. The molecule has 2 rings (SSSR count). The van der Waals surface area contributed by atoms with E-state index in [-0.39, 0.29) is 17.4 Å². The Balaban J connectivity index is 2.17. The Labute approximate surface area is 129 Å². The van der Waals surface area contributed by atoms with E-state index >= 15 is 0 Å². The Bertz CT molecular complexity index is 544. The lowest BCUT2D eigenvalue weighted by Gasteiger charge is -2.28. The van der Waals surface area contributed by atoms with E-state index in [0.717, 1.165) is 25.7 Å². The van der Waals surface area contributed by atoms with Crippen molar-refractivity contribution in [1.82, 2.24) is 0 Å². The molecular formula is C16H20ClNO3. The van der Waals surface area contributed by atoms with Crippen molar-refractivity contribution in [2.24, 2.45) is 11.8 Å². The summed E-state index contributed by atoms with van der Waals surface area (Å²) in [5.41, 5.74) is 0.632. The van der Waals surface area contributed by atoms with Gasteiger partial charge >= 0.3 is 0 Å². The number of nitrogens with zero attached hydrogens (tertiary/aromatic N) is 1. The Morgan fingerprint density at radius 1 is 1.43 bits per heavy atom. The predicted molar refractivity (Wildman–Crippen MR) is 82.6 cm³/mol. The van der Waals surface area contributed by atoms with Gasteiger partial charge in [-0.1, -0.05) is 31.4 Å². The lowest BCUT2D eigenvalue weighted by atomic mass is 9.76. The van der Waals surface area contributed by atoms with Crippen LogP contribution in [-0.4, -0.2) is 10.7 Å². The Morgan fingerprint density at radius 3 is 2.86 bits per heavy atom. The van der Waals surface area contributed by atoms with Gasteiger partial charge in [-0.25, -0.2) is 0 Å². The minimum atomic E-state index is -0.400.